The number of phosphoric ester groups is 1. The normalized spacial score (nSPS) is 14.9. The van der Waals surface area contributed by atoms with Crippen LogP contribution >= 0.6 is 7.82 Å². The minimum atomic E-state index is -4.61. The van der Waals surface area contributed by atoms with Crippen molar-refractivity contribution < 1.29 is 32.9 Å². The first kappa shape index (κ1) is 68.6. The summed E-state index contributed by atoms with van der Waals surface area (Å²) in [6.45, 7) is 4.40. The first-order chi connectivity index (χ1) is 35.0. The highest BCUT2D eigenvalue weighted by Crippen LogP contribution is 2.38. The predicted octanol–water partition coefficient (Wildman–Crippen LogP) is 16.9. The van der Waals surface area contributed by atoms with Crippen LogP contribution in [0.5, 0.6) is 0 Å². The molecule has 0 fully saturated rings. The Morgan fingerprint density at radius 3 is 1.28 bits per heavy atom. The lowest BCUT2D eigenvalue weighted by molar-refractivity contribution is -0.870. The largest absolute Gasteiger partial charge is 0.756 e. The fourth-order valence-corrected chi connectivity index (χ4v) is 8.11. The van der Waals surface area contributed by atoms with Crippen LogP contribution < -0.4 is 10.2 Å². The molecular formula is C63H107N2O6P. The SMILES string of the molecule is CC/C=C\C/C=C\C/C=C\C/C=C\C/C=C\C/C=C\C/C=C\C/C=C\CCCCCCCCCCCCCCCCC(=O)NC(COP(=O)([O-])OCC[N+](C)(C)C)C(O)/C=C/CC/C=C/CC/C=C/CCC. The molecule has 72 heavy (non-hydrogen) atoms. The van der Waals surface area contributed by atoms with Crippen LogP contribution in [0.1, 0.15) is 206 Å². The first-order valence-corrected chi connectivity index (χ1v) is 30.0. The Bertz CT molecular complexity index is 1630. The summed E-state index contributed by atoms with van der Waals surface area (Å²) in [5.74, 6) is -0.220. The van der Waals surface area contributed by atoms with Gasteiger partial charge in [-0.3, -0.25) is 9.36 Å². The molecule has 3 unspecified atom stereocenters. The molecule has 0 saturated heterocycles. The number of amides is 1. The number of quaternary nitrogens is 1. The Balaban J connectivity index is 4.03. The molecule has 0 spiro atoms. The molecule has 8 nitrogen and oxygen atoms in total. The third kappa shape index (κ3) is 54.4. The minimum Gasteiger partial charge on any atom is -0.756 e. The van der Waals surface area contributed by atoms with Crippen LogP contribution in [0.2, 0.25) is 0 Å². The van der Waals surface area contributed by atoms with E-state index in [0.717, 1.165) is 109 Å². The standard InChI is InChI=1S/C63H107N2O6P/c1-6-8-10-12-14-16-18-19-20-21-22-23-24-25-26-27-28-29-30-31-32-33-34-35-36-37-38-39-40-41-42-43-44-45-47-49-51-53-55-57-63(67)64-61(60-71-72(68,69)70-59-58-65(3,4)5)62(66)56-54-52-50-48-46-17-15-13-11-9-7-2/h8,10-11,13-14,16,19-20,22-23,25-26,28-29,31-32,34-35,46,48,54,56,61-62,66H,6-7,9,12,15,17-18,21,24,27,30,33,36-45,47,49-53,55,57-60H2,1-5H3,(H-,64,67,68,69)/b10-8-,13-11+,16-14-,20-19-,23-22-,26-25-,29-28-,32-31-,35-34-,48-46+,56-54+. The highest BCUT2D eigenvalue weighted by molar-refractivity contribution is 7.45. The number of unbranched alkanes of at least 4 members (excludes halogenated alkanes) is 17. The summed E-state index contributed by atoms with van der Waals surface area (Å²) >= 11 is 0. The molecule has 0 aromatic heterocycles. The van der Waals surface area contributed by atoms with Crippen molar-refractivity contribution in [1.29, 1.82) is 0 Å². The molecule has 9 heteroatoms. The number of phosphoric acid groups is 1. The lowest BCUT2D eigenvalue weighted by Crippen LogP contribution is -2.45. The maximum absolute atomic E-state index is 12.9. The smallest absolute Gasteiger partial charge is 0.268 e. The summed E-state index contributed by atoms with van der Waals surface area (Å²) in [6.07, 6.45) is 79.8. The van der Waals surface area contributed by atoms with Gasteiger partial charge < -0.3 is 28.8 Å². The maximum Gasteiger partial charge on any atom is 0.268 e. The van der Waals surface area contributed by atoms with Gasteiger partial charge in [-0.05, 0) is 103 Å². The Labute approximate surface area is 443 Å². The molecule has 0 aliphatic rings. The highest BCUT2D eigenvalue weighted by atomic mass is 31.2. The van der Waals surface area contributed by atoms with E-state index in [1.54, 1.807) is 6.08 Å². The molecule has 2 N–H and O–H groups in total. The van der Waals surface area contributed by atoms with Crippen LogP contribution in [0, 0.1) is 0 Å². The summed E-state index contributed by atoms with van der Waals surface area (Å²) in [4.78, 5) is 25.4. The Hall–Kier alpha value is -3.36. The number of carbonyl (C=O) groups excluding carboxylic acids is 1. The van der Waals surface area contributed by atoms with E-state index in [9.17, 15) is 19.4 Å². The molecular weight excluding hydrogens is 912 g/mol. The quantitative estimate of drug-likeness (QED) is 0.0272. The van der Waals surface area contributed by atoms with Gasteiger partial charge in [0.2, 0.25) is 5.91 Å². The van der Waals surface area contributed by atoms with Gasteiger partial charge in [-0.1, -0.05) is 231 Å². The Kier molecular flexibility index (Phi) is 50.1. The summed E-state index contributed by atoms with van der Waals surface area (Å²) in [7, 11) is 1.22. The van der Waals surface area contributed by atoms with Crippen molar-refractivity contribution >= 4 is 13.7 Å². The molecule has 0 rings (SSSR count). The molecule has 0 aliphatic heterocycles. The fraction of sp³-hybridized carbons (Fsp3) is 0.635. The number of allylic oxidation sites excluding steroid dienone is 21. The number of carbonyl (C=O) groups is 1. The van der Waals surface area contributed by atoms with Crippen molar-refractivity contribution in [2.75, 3.05) is 40.9 Å². The number of rotatable bonds is 50. The van der Waals surface area contributed by atoms with Gasteiger partial charge in [0, 0.05) is 6.42 Å². The second-order valence-corrected chi connectivity index (χ2v) is 21.3. The van der Waals surface area contributed by atoms with Crippen LogP contribution in [0.15, 0.2) is 134 Å². The average molecular weight is 1020 g/mol. The summed E-state index contributed by atoms with van der Waals surface area (Å²) in [5, 5.41) is 13.8. The first-order valence-electron chi connectivity index (χ1n) is 28.5. The number of aliphatic hydroxyl groups is 1. The number of nitrogens with one attached hydrogen (secondary N) is 1. The van der Waals surface area contributed by atoms with Gasteiger partial charge in [-0.25, -0.2) is 0 Å². The van der Waals surface area contributed by atoms with Crippen molar-refractivity contribution in [3.8, 4) is 0 Å². The topological polar surface area (TPSA) is 108 Å². The molecule has 0 radical (unpaired) electrons. The van der Waals surface area contributed by atoms with Gasteiger partial charge >= 0.3 is 0 Å². The molecule has 0 bridgehead atoms. The van der Waals surface area contributed by atoms with Crippen molar-refractivity contribution in [2.24, 2.45) is 0 Å². The van der Waals surface area contributed by atoms with Crippen LogP contribution in [0.25, 0.3) is 0 Å². The molecule has 0 aliphatic carbocycles. The Morgan fingerprint density at radius 2 is 0.861 bits per heavy atom. The number of hydrogen-bond donors (Lipinski definition) is 2. The molecule has 0 saturated carbocycles. The number of aliphatic hydroxyl groups excluding tert-OH is 1. The summed E-state index contributed by atoms with van der Waals surface area (Å²) < 4.78 is 23.2. The minimum absolute atomic E-state index is 0.0148. The second kappa shape index (κ2) is 52.5. The highest BCUT2D eigenvalue weighted by Gasteiger charge is 2.23. The third-order valence-electron chi connectivity index (χ3n) is 11.8. The zero-order valence-corrected chi connectivity index (χ0v) is 47.5. The van der Waals surface area contributed by atoms with E-state index in [1.807, 2.05) is 27.2 Å². The van der Waals surface area contributed by atoms with E-state index < -0.39 is 26.6 Å². The van der Waals surface area contributed by atoms with Gasteiger partial charge in [0.1, 0.15) is 13.2 Å². The van der Waals surface area contributed by atoms with E-state index in [0.29, 0.717) is 17.4 Å². The van der Waals surface area contributed by atoms with Crippen LogP contribution in [-0.4, -0.2) is 68.5 Å². The van der Waals surface area contributed by atoms with E-state index in [-0.39, 0.29) is 12.5 Å². The zero-order valence-electron chi connectivity index (χ0n) is 46.6. The lowest BCUT2D eigenvalue weighted by Gasteiger charge is -2.29. The molecule has 1 amide bonds. The predicted molar refractivity (Wildman–Crippen MR) is 311 cm³/mol. The number of hydrogen-bond acceptors (Lipinski definition) is 6. The van der Waals surface area contributed by atoms with Gasteiger partial charge in [-0.15, -0.1) is 0 Å². The monoisotopic (exact) mass is 1020 g/mol. The van der Waals surface area contributed by atoms with Crippen LogP contribution in [-0.2, 0) is 18.4 Å². The maximum atomic E-state index is 12.9. The molecule has 410 valence electrons. The van der Waals surface area contributed by atoms with Gasteiger partial charge in [0.25, 0.3) is 7.82 Å². The Morgan fingerprint density at radius 1 is 0.500 bits per heavy atom. The molecule has 0 heterocycles. The van der Waals surface area contributed by atoms with E-state index >= 15 is 0 Å². The van der Waals surface area contributed by atoms with Crippen molar-refractivity contribution in [3.63, 3.8) is 0 Å². The van der Waals surface area contributed by atoms with Crippen LogP contribution in [0.3, 0.4) is 0 Å². The summed E-state index contributed by atoms with van der Waals surface area (Å²) in [5.41, 5.74) is 0. The van der Waals surface area contributed by atoms with Gasteiger partial charge in [0.05, 0.1) is 39.9 Å². The van der Waals surface area contributed by atoms with Gasteiger partial charge in [-0.2, -0.15) is 0 Å². The van der Waals surface area contributed by atoms with E-state index in [4.69, 9.17) is 9.05 Å². The zero-order chi connectivity index (χ0) is 52.7. The van der Waals surface area contributed by atoms with Crippen molar-refractivity contribution in [1.82, 2.24) is 5.32 Å². The second-order valence-electron chi connectivity index (χ2n) is 19.9. The van der Waals surface area contributed by atoms with E-state index in [2.05, 4.69) is 141 Å². The number of likely N-dealkylation sites (N-methyl/N-ethyl adjacent to an activating group) is 1. The molecule has 3 atom stereocenters. The van der Waals surface area contributed by atoms with Crippen LogP contribution in [0.4, 0.5) is 0 Å². The molecule has 0 aromatic carbocycles. The summed E-state index contributed by atoms with van der Waals surface area (Å²) in [6, 6.07) is -0.916. The molecule has 0 aromatic rings. The van der Waals surface area contributed by atoms with E-state index in [1.165, 1.54) is 77.0 Å². The average Bonchev–Trinajstić information content (AvgIpc) is 3.34. The van der Waals surface area contributed by atoms with Gasteiger partial charge in [0.15, 0.2) is 0 Å². The third-order valence-corrected chi connectivity index (χ3v) is 12.8. The van der Waals surface area contributed by atoms with Crippen molar-refractivity contribution in [3.05, 3.63) is 134 Å². The van der Waals surface area contributed by atoms with Crippen molar-refractivity contribution in [2.45, 2.75) is 219 Å². The fourth-order valence-electron chi connectivity index (χ4n) is 7.38. The lowest BCUT2D eigenvalue weighted by atomic mass is 10.0. The number of nitrogens with zero attached hydrogens (tertiary/aromatic N) is 1.